The molecule has 1 amide bonds. The van der Waals surface area contributed by atoms with Crippen LogP contribution in [0.3, 0.4) is 0 Å². The molecule has 0 radical (unpaired) electrons. The first-order valence-electron chi connectivity index (χ1n) is 4.62. The van der Waals surface area contributed by atoms with Crippen molar-refractivity contribution in [2.75, 3.05) is 18.1 Å². The zero-order valence-electron chi connectivity index (χ0n) is 8.39. The summed E-state index contributed by atoms with van der Waals surface area (Å²) in [4.78, 5) is 22.8. The van der Waals surface area contributed by atoms with Gasteiger partial charge in [0.15, 0.2) is 0 Å². The Morgan fingerprint density at radius 3 is 2.93 bits per heavy atom. The van der Waals surface area contributed by atoms with Crippen LogP contribution in [0.5, 0.6) is 0 Å². The van der Waals surface area contributed by atoms with E-state index in [9.17, 15) is 9.59 Å². The first-order chi connectivity index (χ1) is 7.15. The second-order valence-corrected chi connectivity index (χ2v) is 5.54. The molecule has 1 heterocycles. The maximum Gasteiger partial charge on any atom is 0.329 e. The number of nitrogens with two attached hydrogens (primary N) is 1. The second-order valence-electron chi connectivity index (χ2n) is 2.99. The van der Waals surface area contributed by atoms with Gasteiger partial charge in [0, 0.05) is 11.5 Å². The van der Waals surface area contributed by atoms with Gasteiger partial charge < -0.3 is 15.8 Å². The summed E-state index contributed by atoms with van der Waals surface area (Å²) in [6.45, 7) is 2.05. The van der Waals surface area contributed by atoms with E-state index in [1.54, 1.807) is 6.92 Å². The van der Waals surface area contributed by atoms with Gasteiger partial charge in [0.25, 0.3) is 0 Å². The van der Waals surface area contributed by atoms with Gasteiger partial charge in [-0.15, -0.1) is 0 Å². The highest BCUT2D eigenvalue weighted by atomic mass is 33.1. The predicted octanol–water partition coefficient (Wildman–Crippen LogP) is -0.243. The Kier molecular flexibility index (Phi) is 5.27. The molecule has 0 spiro atoms. The lowest BCUT2D eigenvalue weighted by Gasteiger charge is -2.21. The van der Waals surface area contributed by atoms with Crippen molar-refractivity contribution in [1.82, 2.24) is 5.32 Å². The van der Waals surface area contributed by atoms with Crippen LogP contribution in [0.1, 0.15) is 6.92 Å². The number of carbonyl (C=O) groups excluding carboxylic acids is 2. The van der Waals surface area contributed by atoms with E-state index in [1.807, 2.05) is 0 Å². The van der Waals surface area contributed by atoms with Crippen molar-refractivity contribution in [2.45, 2.75) is 19.0 Å². The first-order valence-corrected chi connectivity index (χ1v) is 7.11. The third-order valence-electron chi connectivity index (χ3n) is 1.79. The monoisotopic (exact) mass is 250 g/mol. The number of amides is 1. The third kappa shape index (κ3) is 3.92. The van der Waals surface area contributed by atoms with E-state index in [0.29, 0.717) is 18.1 Å². The van der Waals surface area contributed by atoms with E-state index < -0.39 is 18.1 Å². The minimum Gasteiger partial charge on any atom is -0.464 e. The van der Waals surface area contributed by atoms with E-state index in [1.165, 1.54) is 21.6 Å². The van der Waals surface area contributed by atoms with Crippen LogP contribution in [0.4, 0.5) is 0 Å². The lowest BCUT2D eigenvalue weighted by Crippen LogP contribution is -2.51. The van der Waals surface area contributed by atoms with E-state index in [-0.39, 0.29) is 5.91 Å². The number of hydrogen-bond acceptors (Lipinski definition) is 6. The van der Waals surface area contributed by atoms with Gasteiger partial charge in [0.2, 0.25) is 5.91 Å². The first kappa shape index (κ1) is 12.7. The number of carbonyl (C=O) groups is 2. The molecule has 0 aromatic carbocycles. The number of rotatable bonds is 2. The molecule has 0 aliphatic carbocycles. The normalized spacial score (nSPS) is 27.5. The molecule has 7 heteroatoms. The Bertz CT molecular complexity index is 250. The zero-order chi connectivity index (χ0) is 11.3. The van der Waals surface area contributed by atoms with Gasteiger partial charge in [0.05, 0.1) is 12.6 Å². The van der Waals surface area contributed by atoms with Crippen molar-refractivity contribution in [3.05, 3.63) is 0 Å². The highest BCUT2D eigenvalue weighted by Crippen LogP contribution is 2.24. The molecule has 15 heavy (non-hydrogen) atoms. The van der Waals surface area contributed by atoms with Gasteiger partial charge >= 0.3 is 5.97 Å². The highest BCUT2D eigenvalue weighted by Gasteiger charge is 2.27. The van der Waals surface area contributed by atoms with Crippen molar-refractivity contribution < 1.29 is 14.3 Å². The van der Waals surface area contributed by atoms with Gasteiger partial charge in [-0.05, 0) is 6.92 Å². The number of ether oxygens (including phenoxy) is 1. The van der Waals surface area contributed by atoms with E-state index in [4.69, 9.17) is 10.5 Å². The van der Waals surface area contributed by atoms with Gasteiger partial charge in [0.1, 0.15) is 6.04 Å². The van der Waals surface area contributed by atoms with E-state index >= 15 is 0 Å². The molecule has 2 atom stereocenters. The topological polar surface area (TPSA) is 81.4 Å². The van der Waals surface area contributed by atoms with Crippen molar-refractivity contribution >= 4 is 33.5 Å². The van der Waals surface area contributed by atoms with Crippen LogP contribution >= 0.6 is 21.6 Å². The number of hydrogen-bond donors (Lipinski definition) is 2. The van der Waals surface area contributed by atoms with Gasteiger partial charge in [-0.25, -0.2) is 4.79 Å². The third-order valence-corrected chi connectivity index (χ3v) is 4.24. The molecule has 0 saturated carbocycles. The molecule has 1 saturated heterocycles. The molecule has 0 unspecified atom stereocenters. The Hall–Kier alpha value is -0.400. The SMILES string of the molecule is CCOC(=O)[C@@H]1CSSC[C@@H](N)C(=O)N1. The van der Waals surface area contributed by atoms with Crippen molar-refractivity contribution in [3.8, 4) is 0 Å². The van der Waals surface area contributed by atoms with E-state index in [0.717, 1.165) is 0 Å². The number of nitrogens with one attached hydrogen (secondary N) is 1. The molecular formula is C8H14N2O3S2. The summed E-state index contributed by atoms with van der Waals surface area (Å²) in [5.74, 6) is 0.391. The second kappa shape index (κ2) is 6.24. The highest BCUT2D eigenvalue weighted by molar-refractivity contribution is 8.76. The van der Waals surface area contributed by atoms with Crippen LogP contribution < -0.4 is 11.1 Å². The molecule has 5 nitrogen and oxygen atoms in total. The molecule has 3 N–H and O–H groups in total. The lowest BCUT2D eigenvalue weighted by atomic mass is 10.3. The Morgan fingerprint density at radius 1 is 1.60 bits per heavy atom. The van der Waals surface area contributed by atoms with Crippen LogP contribution in [0.2, 0.25) is 0 Å². The molecule has 1 aliphatic rings. The summed E-state index contributed by atoms with van der Waals surface area (Å²) in [5.41, 5.74) is 5.59. The fourth-order valence-corrected chi connectivity index (χ4v) is 3.27. The van der Waals surface area contributed by atoms with Gasteiger partial charge in [-0.1, -0.05) is 21.6 Å². The smallest absolute Gasteiger partial charge is 0.329 e. The quantitative estimate of drug-likeness (QED) is 0.520. The summed E-state index contributed by atoms with van der Waals surface area (Å²) >= 11 is 0. The largest absolute Gasteiger partial charge is 0.464 e. The summed E-state index contributed by atoms with van der Waals surface area (Å²) in [6.07, 6.45) is 0. The van der Waals surface area contributed by atoms with Gasteiger partial charge in [-0.2, -0.15) is 0 Å². The minimum atomic E-state index is -0.582. The molecule has 0 bridgehead atoms. The van der Waals surface area contributed by atoms with Crippen LogP contribution in [0.25, 0.3) is 0 Å². The fourth-order valence-electron chi connectivity index (χ4n) is 1.00. The maximum atomic E-state index is 11.4. The predicted molar refractivity (Wildman–Crippen MR) is 61.5 cm³/mol. The summed E-state index contributed by atoms with van der Waals surface area (Å²) in [7, 11) is 3.02. The fraction of sp³-hybridized carbons (Fsp3) is 0.750. The molecule has 1 aliphatic heterocycles. The summed E-state index contributed by atoms with van der Waals surface area (Å²) < 4.78 is 4.84. The van der Waals surface area contributed by atoms with Gasteiger partial charge in [-0.3, -0.25) is 4.79 Å². The number of esters is 1. The maximum absolute atomic E-state index is 11.4. The molecule has 1 rings (SSSR count). The van der Waals surface area contributed by atoms with E-state index in [2.05, 4.69) is 5.32 Å². The minimum absolute atomic E-state index is 0.291. The molecular weight excluding hydrogens is 236 g/mol. The Morgan fingerprint density at radius 2 is 2.27 bits per heavy atom. The zero-order valence-corrected chi connectivity index (χ0v) is 10.0. The standard InChI is InChI=1S/C8H14N2O3S2/c1-2-13-8(12)6-4-15-14-3-5(9)7(11)10-6/h5-6H,2-4,9H2,1H3,(H,10,11)/t5-,6+/m1/s1. The van der Waals surface area contributed by atoms with Crippen LogP contribution in [-0.2, 0) is 14.3 Å². The van der Waals surface area contributed by atoms with Crippen molar-refractivity contribution in [1.29, 1.82) is 0 Å². The summed E-state index contributed by atoms with van der Waals surface area (Å²) in [6, 6.07) is -1.14. The summed E-state index contributed by atoms with van der Waals surface area (Å²) in [5, 5.41) is 2.58. The molecule has 86 valence electrons. The molecule has 0 aromatic rings. The van der Waals surface area contributed by atoms with Crippen LogP contribution in [0.15, 0.2) is 0 Å². The van der Waals surface area contributed by atoms with Crippen LogP contribution in [-0.4, -0.2) is 42.1 Å². The average Bonchev–Trinajstić information content (AvgIpc) is 2.19. The van der Waals surface area contributed by atoms with Crippen LogP contribution in [0, 0.1) is 0 Å². The Balaban J connectivity index is 2.55. The molecule has 0 aromatic heterocycles. The average molecular weight is 250 g/mol. The van der Waals surface area contributed by atoms with Crippen molar-refractivity contribution in [3.63, 3.8) is 0 Å². The molecule has 1 fully saturated rings. The van der Waals surface area contributed by atoms with Crippen molar-refractivity contribution in [2.24, 2.45) is 5.73 Å². The Labute approximate surface area is 96.3 Å². The lowest BCUT2D eigenvalue weighted by molar-refractivity contribution is -0.146.